The fraction of sp³-hybridized carbons (Fsp3) is 0.167. The lowest BCUT2D eigenvalue weighted by Crippen LogP contribution is -2.13. The van der Waals surface area contributed by atoms with E-state index in [1.165, 1.54) is 25.3 Å². The molecule has 0 amide bonds. The van der Waals surface area contributed by atoms with Gasteiger partial charge in [-0.25, -0.2) is 4.79 Å². The van der Waals surface area contributed by atoms with Gasteiger partial charge in [-0.05, 0) is 25.1 Å². The van der Waals surface area contributed by atoms with Gasteiger partial charge in [-0.2, -0.15) is 0 Å². The Labute approximate surface area is 93.2 Å². The zero-order valence-corrected chi connectivity index (χ0v) is 8.93. The van der Waals surface area contributed by atoms with Gasteiger partial charge in [0.2, 0.25) is 0 Å². The third-order valence-corrected chi connectivity index (χ3v) is 1.76. The van der Waals surface area contributed by atoms with Gasteiger partial charge in [-0.1, -0.05) is 12.7 Å². The predicted molar refractivity (Wildman–Crippen MR) is 58.5 cm³/mol. The highest BCUT2D eigenvalue weighted by Crippen LogP contribution is 2.10. The summed E-state index contributed by atoms with van der Waals surface area (Å²) in [7, 11) is 0. The van der Waals surface area contributed by atoms with Crippen molar-refractivity contribution >= 4 is 17.8 Å². The predicted octanol–water partition coefficient (Wildman–Crippen LogP) is 1.98. The van der Waals surface area contributed by atoms with Crippen molar-refractivity contribution in [1.29, 1.82) is 0 Å². The first-order valence-corrected chi connectivity index (χ1v) is 4.69. The van der Waals surface area contributed by atoms with E-state index >= 15 is 0 Å². The highest BCUT2D eigenvalue weighted by molar-refractivity contribution is 6.19. The minimum atomic E-state index is -0.677. The Kier molecular flexibility index (Phi) is 4.27. The van der Waals surface area contributed by atoms with E-state index in [1.54, 1.807) is 12.1 Å². The Balaban J connectivity index is 2.87. The van der Waals surface area contributed by atoms with Crippen LogP contribution in [-0.2, 0) is 14.3 Å². The van der Waals surface area contributed by atoms with Crippen LogP contribution in [0.5, 0.6) is 0 Å². The maximum absolute atomic E-state index is 11.5. The molecule has 1 aromatic heterocycles. The lowest BCUT2D eigenvalue weighted by Gasteiger charge is -2.02. The number of hydrogen-bond acceptors (Lipinski definition) is 4. The van der Waals surface area contributed by atoms with E-state index in [1.807, 2.05) is 0 Å². The molecule has 4 heteroatoms. The zero-order valence-electron chi connectivity index (χ0n) is 8.93. The van der Waals surface area contributed by atoms with E-state index in [0.717, 1.165) is 0 Å². The lowest BCUT2D eigenvalue weighted by molar-refractivity contribution is -0.139. The second kappa shape index (κ2) is 5.70. The van der Waals surface area contributed by atoms with Crippen molar-refractivity contribution in [3.63, 3.8) is 0 Å². The number of carbonyl (C=O) groups excluding carboxylic acids is 2. The second-order valence-electron chi connectivity index (χ2n) is 3.02. The van der Waals surface area contributed by atoms with E-state index in [2.05, 4.69) is 6.58 Å². The Morgan fingerprint density at radius 2 is 2.31 bits per heavy atom. The van der Waals surface area contributed by atoms with Crippen LogP contribution in [0.1, 0.15) is 12.7 Å². The molecular formula is C12H12O4. The molecular weight excluding hydrogens is 208 g/mol. The van der Waals surface area contributed by atoms with Gasteiger partial charge in [0.1, 0.15) is 17.9 Å². The van der Waals surface area contributed by atoms with Gasteiger partial charge >= 0.3 is 5.97 Å². The van der Waals surface area contributed by atoms with Gasteiger partial charge in [0, 0.05) is 0 Å². The van der Waals surface area contributed by atoms with Crippen LogP contribution in [0.25, 0.3) is 6.08 Å². The van der Waals surface area contributed by atoms with Gasteiger partial charge in [0.05, 0.1) is 6.26 Å². The molecule has 0 saturated carbocycles. The van der Waals surface area contributed by atoms with Crippen molar-refractivity contribution in [3.8, 4) is 0 Å². The van der Waals surface area contributed by atoms with Crippen molar-refractivity contribution < 1.29 is 18.7 Å². The van der Waals surface area contributed by atoms with E-state index in [0.29, 0.717) is 5.76 Å². The Morgan fingerprint density at radius 3 is 2.81 bits per heavy atom. The summed E-state index contributed by atoms with van der Waals surface area (Å²) >= 11 is 0. The SMILES string of the molecule is C=CCOC(=O)C(=Cc1ccco1)C(C)=O. The van der Waals surface area contributed by atoms with Crippen LogP contribution in [0.4, 0.5) is 0 Å². The minimum absolute atomic E-state index is 0.0446. The molecule has 84 valence electrons. The number of carbonyl (C=O) groups is 2. The Morgan fingerprint density at radius 1 is 1.56 bits per heavy atom. The largest absolute Gasteiger partial charge is 0.465 e. The standard InChI is InChI=1S/C12H12O4/c1-3-6-16-12(14)11(9(2)13)8-10-5-4-7-15-10/h3-5,7-8H,1,6H2,2H3. The summed E-state index contributed by atoms with van der Waals surface area (Å²) in [6, 6.07) is 3.31. The summed E-state index contributed by atoms with van der Waals surface area (Å²) in [5.41, 5.74) is -0.0446. The molecule has 16 heavy (non-hydrogen) atoms. The summed E-state index contributed by atoms with van der Waals surface area (Å²) in [6.45, 7) is 4.78. The summed E-state index contributed by atoms with van der Waals surface area (Å²) in [5.74, 6) is -0.616. The number of hydrogen-bond donors (Lipinski definition) is 0. The summed E-state index contributed by atoms with van der Waals surface area (Å²) in [6.07, 6.45) is 4.25. The Bertz CT molecular complexity index is 412. The van der Waals surface area contributed by atoms with Gasteiger partial charge < -0.3 is 9.15 Å². The Hall–Kier alpha value is -2.10. The van der Waals surface area contributed by atoms with Crippen LogP contribution >= 0.6 is 0 Å². The minimum Gasteiger partial charge on any atom is -0.465 e. The first-order valence-electron chi connectivity index (χ1n) is 4.69. The third-order valence-electron chi connectivity index (χ3n) is 1.76. The molecule has 0 fully saturated rings. The molecule has 0 aromatic carbocycles. The molecule has 0 aliphatic rings. The van der Waals surface area contributed by atoms with Crippen LogP contribution < -0.4 is 0 Å². The van der Waals surface area contributed by atoms with E-state index in [-0.39, 0.29) is 18.0 Å². The highest BCUT2D eigenvalue weighted by Gasteiger charge is 2.16. The molecule has 0 aliphatic heterocycles. The van der Waals surface area contributed by atoms with Crippen LogP contribution in [0, 0.1) is 0 Å². The maximum atomic E-state index is 11.5. The average Bonchev–Trinajstić information content (AvgIpc) is 2.74. The van der Waals surface area contributed by atoms with Crippen molar-refractivity contribution in [2.75, 3.05) is 6.61 Å². The normalized spacial score (nSPS) is 10.9. The number of Topliss-reactive ketones (excluding diaryl/α,β-unsaturated/α-hetero) is 1. The molecule has 0 N–H and O–H groups in total. The molecule has 0 atom stereocenters. The van der Waals surface area contributed by atoms with Crippen molar-refractivity contribution in [3.05, 3.63) is 42.4 Å². The number of ketones is 1. The van der Waals surface area contributed by atoms with Crippen molar-refractivity contribution in [2.24, 2.45) is 0 Å². The maximum Gasteiger partial charge on any atom is 0.342 e. The molecule has 0 radical (unpaired) electrons. The quantitative estimate of drug-likeness (QED) is 0.250. The first kappa shape index (κ1) is 12.0. The second-order valence-corrected chi connectivity index (χ2v) is 3.02. The number of furan rings is 1. The summed E-state index contributed by atoms with van der Waals surface area (Å²) in [5, 5.41) is 0. The zero-order chi connectivity index (χ0) is 12.0. The number of rotatable bonds is 5. The number of ether oxygens (including phenoxy) is 1. The van der Waals surface area contributed by atoms with Gasteiger partial charge in [-0.3, -0.25) is 4.79 Å². The summed E-state index contributed by atoms with van der Waals surface area (Å²) in [4.78, 5) is 22.7. The average molecular weight is 220 g/mol. The van der Waals surface area contributed by atoms with Crippen molar-refractivity contribution in [2.45, 2.75) is 6.92 Å². The first-order chi connectivity index (χ1) is 7.65. The van der Waals surface area contributed by atoms with Crippen LogP contribution in [0.15, 0.2) is 41.0 Å². The number of esters is 1. The summed E-state index contributed by atoms with van der Waals surface area (Å²) < 4.78 is 9.79. The monoisotopic (exact) mass is 220 g/mol. The van der Waals surface area contributed by atoms with Crippen LogP contribution in [-0.4, -0.2) is 18.4 Å². The van der Waals surface area contributed by atoms with Crippen LogP contribution in [0.3, 0.4) is 0 Å². The molecule has 0 unspecified atom stereocenters. The van der Waals surface area contributed by atoms with E-state index < -0.39 is 5.97 Å². The van der Waals surface area contributed by atoms with Gasteiger partial charge in [0.25, 0.3) is 0 Å². The molecule has 0 spiro atoms. The highest BCUT2D eigenvalue weighted by atomic mass is 16.5. The fourth-order valence-corrected chi connectivity index (χ4v) is 1.03. The molecule has 0 aliphatic carbocycles. The smallest absolute Gasteiger partial charge is 0.342 e. The van der Waals surface area contributed by atoms with Crippen molar-refractivity contribution in [1.82, 2.24) is 0 Å². The fourth-order valence-electron chi connectivity index (χ4n) is 1.03. The molecule has 1 aromatic rings. The van der Waals surface area contributed by atoms with Crippen LogP contribution in [0.2, 0.25) is 0 Å². The third kappa shape index (κ3) is 3.24. The van der Waals surface area contributed by atoms with E-state index in [9.17, 15) is 9.59 Å². The molecule has 1 rings (SSSR count). The lowest BCUT2D eigenvalue weighted by atomic mass is 10.1. The van der Waals surface area contributed by atoms with Gasteiger partial charge in [0.15, 0.2) is 5.78 Å². The molecule has 4 nitrogen and oxygen atoms in total. The van der Waals surface area contributed by atoms with E-state index in [4.69, 9.17) is 9.15 Å². The van der Waals surface area contributed by atoms with Gasteiger partial charge in [-0.15, -0.1) is 0 Å². The molecule has 0 bridgehead atoms. The molecule has 0 saturated heterocycles. The molecule has 1 heterocycles. The topological polar surface area (TPSA) is 56.5 Å².